The van der Waals surface area contributed by atoms with Crippen molar-refractivity contribution in [1.82, 2.24) is 0 Å². The highest BCUT2D eigenvalue weighted by Gasteiger charge is 2.04. The standard InChI is InChI=1S/C10H14FN/c1-7(12)6-9-4-3-5-10(11)8(9)2/h3-5,7H,6,12H2,1-2H3/t7-/m0/s1. The van der Waals surface area contributed by atoms with E-state index in [4.69, 9.17) is 5.73 Å². The van der Waals surface area contributed by atoms with Gasteiger partial charge in [-0.1, -0.05) is 12.1 Å². The third kappa shape index (κ3) is 2.05. The SMILES string of the molecule is Cc1c(F)cccc1C[C@H](C)N. The minimum Gasteiger partial charge on any atom is -0.328 e. The predicted molar refractivity (Wildman–Crippen MR) is 48.5 cm³/mol. The first-order valence-electron chi connectivity index (χ1n) is 4.11. The summed E-state index contributed by atoms with van der Waals surface area (Å²) in [4.78, 5) is 0. The lowest BCUT2D eigenvalue weighted by Crippen LogP contribution is -2.18. The van der Waals surface area contributed by atoms with E-state index in [0.29, 0.717) is 0 Å². The monoisotopic (exact) mass is 167 g/mol. The second-order valence-electron chi connectivity index (χ2n) is 3.21. The number of halogens is 1. The van der Waals surface area contributed by atoms with Crippen LogP contribution in [0.1, 0.15) is 18.1 Å². The summed E-state index contributed by atoms with van der Waals surface area (Å²) in [5, 5.41) is 0. The van der Waals surface area contributed by atoms with E-state index in [0.717, 1.165) is 17.5 Å². The van der Waals surface area contributed by atoms with Crippen LogP contribution < -0.4 is 5.73 Å². The molecule has 0 unspecified atom stereocenters. The molecule has 0 radical (unpaired) electrons. The largest absolute Gasteiger partial charge is 0.328 e. The summed E-state index contributed by atoms with van der Waals surface area (Å²) in [5.74, 6) is -0.145. The number of benzene rings is 1. The Labute approximate surface area is 72.4 Å². The van der Waals surface area contributed by atoms with Crippen LogP contribution in [0.25, 0.3) is 0 Å². The van der Waals surface area contributed by atoms with Crippen LogP contribution in [-0.4, -0.2) is 6.04 Å². The molecule has 0 bridgehead atoms. The minimum atomic E-state index is -0.145. The summed E-state index contributed by atoms with van der Waals surface area (Å²) < 4.78 is 13.0. The van der Waals surface area contributed by atoms with Crippen molar-refractivity contribution >= 4 is 0 Å². The molecule has 12 heavy (non-hydrogen) atoms. The van der Waals surface area contributed by atoms with Gasteiger partial charge in [-0.25, -0.2) is 4.39 Å². The molecule has 0 heterocycles. The van der Waals surface area contributed by atoms with E-state index in [2.05, 4.69) is 0 Å². The molecular formula is C10H14FN. The van der Waals surface area contributed by atoms with Crippen molar-refractivity contribution in [2.45, 2.75) is 26.3 Å². The van der Waals surface area contributed by atoms with Crippen molar-refractivity contribution in [2.24, 2.45) is 5.73 Å². The maximum absolute atomic E-state index is 13.0. The van der Waals surface area contributed by atoms with E-state index < -0.39 is 0 Å². The molecule has 66 valence electrons. The number of hydrogen-bond donors (Lipinski definition) is 1. The maximum atomic E-state index is 13.0. The molecule has 1 aromatic rings. The third-order valence-electron chi connectivity index (χ3n) is 1.92. The highest BCUT2D eigenvalue weighted by molar-refractivity contribution is 5.27. The van der Waals surface area contributed by atoms with Gasteiger partial charge >= 0.3 is 0 Å². The molecule has 0 spiro atoms. The summed E-state index contributed by atoms with van der Waals surface area (Å²) in [6, 6.07) is 5.20. The lowest BCUT2D eigenvalue weighted by molar-refractivity contribution is 0.612. The summed E-state index contributed by atoms with van der Waals surface area (Å²) in [6.07, 6.45) is 0.740. The zero-order valence-electron chi connectivity index (χ0n) is 7.47. The summed E-state index contributed by atoms with van der Waals surface area (Å²) in [7, 11) is 0. The fraction of sp³-hybridized carbons (Fsp3) is 0.400. The van der Waals surface area contributed by atoms with Gasteiger partial charge in [0, 0.05) is 6.04 Å². The second kappa shape index (κ2) is 3.68. The number of hydrogen-bond acceptors (Lipinski definition) is 1. The predicted octanol–water partition coefficient (Wildman–Crippen LogP) is 2.02. The van der Waals surface area contributed by atoms with Crippen LogP contribution in [0.3, 0.4) is 0 Å². The van der Waals surface area contributed by atoms with Gasteiger partial charge in [-0.2, -0.15) is 0 Å². The third-order valence-corrected chi connectivity index (χ3v) is 1.92. The second-order valence-corrected chi connectivity index (χ2v) is 3.21. The smallest absolute Gasteiger partial charge is 0.126 e. The summed E-state index contributed by atoms with van der Waals surface area (Å²) in [5.41, 5.74) is 7.34. The van der Waals surface area contributed by atoms with Crippen molar-refractivity contribution in [2.75, 3.05) is 0 Å². The molecule has 0 fully saturated rings. The zero-order chi connectivity index (χ0) is 9.14. The molecule has 1 rings (SSSR count). The lowest BCUT2D eigenvalue weighted by Gasteiger charge is -2.08. The Kier molecular flexibility index (Phi) is 2.82. The molecule has 1 atom stereocenters. The van der Waals surface area contributed by atoms with E-state index in [1.54, 1.807) is 13.0 Å². The Morgan fingerprint density at radius 2 is 2.17 bits per heavy atom. The van der Waals surface area contributed by atoms with Crippen LogP contribution in [0.15, 0.2) is 18.2 Å². The molecule has 2 N–H and O–H groups in total. The number of nitrogens with two attached hydrogens (primary N) is 1. The highest BCUT2D eigenvalue weighted by atomic mass is 19.1. The van der Waals surface area contributed by atoms with E-state index in [-0.39, 0.29) is 11.9 Å². The van der Waals surface area contributed by atoms with Gasteiger partial charge < -0.3 is 5.73 Å². The van der Waals surface area contributed by atoms with Crippen molar-refractivity contribution < 1.29 is 4.39 Å². The Bertz CT molecular complexity index is 269. The van der Waals surface area contributed by atoms with Gasteiger partial charge in [-0.05, 0) is 37.5 Å². The average molecular weight is 167 g/mol. The highest BCUT2D eigenvalue weighted by Crippen LogP contribution is 2.13. The van der Waals surface area contributed by atoms with Gasteiger partial charge in [-0.3, -0.25) is 0 Å². The molecule has 1 aromatic carbocycles. The van der Waals surface area contributed by atoms with Gasteiger partial charge in [0.05, 0.1) is 0 Å². The van der Waals surface area contributed by atoms with E-state index in [1.807, 2.05) is 13.0 Å². The van der Waals surface area contributed by atoms with Crippen LogP contribution in [0, 0.1) is 12.7 Å². The van der Waals surface area contributed by atoms with Gasteiger partial charge in [-0.15, -0.1) is 0 Å². The first kappa shape index (κ1) is 9.20. The fourth-order valence-corrected chi connectivity index (χ4v) is 1.22. The van der Waals surface area contributed by atoms with Gasteiger partial charge in [0.15, 0.2) is 0 Å². The van der Waals surface area contributed by atoms with Crippen molar-refractivity contribution in [3.8, 4) is 0 Å². The molecular weight excluding hydrogens is 153 g/mol. The molecule has 2 heteroatoms. The molecule has 0 saturated carbocycles. The average Bonchev–Trinajstić information content (AvgIpc) is 1.98. The van der Waals surface area contributed by atoms with E-state index >= 15 is 0 Å². The Morgan fingerprint density at radius 3 is 2.75 bits per heavy atom. The molecule has 0 aliphatic carbocycles. The normalized spacial score (nSPS) is 13.0. The first-order chi connectivity index (χ1) is 5.61. The van der Waals surface area contributed by atoms with Crippen LogP contribution in [-0.2, 0) is 6.42 Å². The Hall–Kier alpha value is -0.890. The van der Waals surface area contributed by atoms with Crippen LogP contribution in [0.5, 0.6) is 0 Å². The van der Waals surface area contributed by atoms with Gasteiger partial charge in [0.25, 0.3) is 0 Å². The minimum absolute atomic E-state index is 0.0884. The van der Waals surface area contributed by atoms with Gasteiger partial charge in [0.1, 0.15) is 5.82 Å². The molecule has 0 aliphatic heterocycles. The van der Waals surface area contributed by atoms with E-state index in [1.165, 1.54) is 6.07 Å². The Balaban J connectivity index is 2.92. The summed E-state index contributed by atoms with van der Waals surface area (Å²) >= 11 is 0. The molecule has 0 amide bonds. The molecule has 0 aromatic heterocycles. The van der Waals surface area contributed by atoms with Crippen molar-refractivity contribution in [3.63, 3.8) is 0 Å². The van der Waals surface area contributed by atoms with Crippen LogP contribution in [0.2, 0.25) is 0 Å². The zero-order valence-corrected chi connectivity index (χ0v) is 7.47. The maximum Gasteiger partial charge on any atom is 0.126 e. The van der Waals surface area contributed by atoms with Crippen molar-refractivity contribution in [3.05, 3.63) is 35.1 Å². The molecule has 0 aliphatic rings. The topological polar surface area (TPSA) is 26.0 Å². The van der Waals surface area contributed by atoms with Gasteiger partial charge in [0.2, 0.25) is 0 Å². The van der Waals surface area contributed by atoms with Crippen molar-refractivity contribution in [1.29, 1.82) is 0 Å². The quantitative estimate of drug-likeness (QED) is 0.716. The summed E-state index contributed by atoms with van der Waals surface area (Å²) in [6.45, 7) is 3.71. The van der Waals surface area contributed by atoms with Crippen LogP contribution in [0.4, 0.5) is 4.39 Å². The lowest BCUT2D eigenvalue weighted by atomic mass is 10.0. The van der Waals surface area contributed by atoms with E-state index in [9.17, 15) is 4.39 Å². The fourth-order valence-electron chi connectivity index (χ4n) is 1.22. The number of rotatable bonds is 2. The first-order valence-corrected chi connectivity index (χ1v) is 4.11. The molecule has 1 nitrogen and oxygen atoms in total. The van der Waals surface area contributed by atoms with Crippen LogP contribution >= 0.6 is 0 Å². The molecule has 0 saturated heterocycles. The Morgan fingerprint density at radius 1 is 1.50 bits per heavy atom.